The monoisotopic (exact) mass is 279 g/mol. The molecule has 0 bridgehead atoms. The van der Waals surface area contributed by atoms with Gasteiger partial charge < -0.3 is 4.90 Å². The van der Waals surface area contributed by atoms with Gasteiger partial charge in [-0.25, -0.2) is 4.39 Å². The first-order valence-corrected chi connectivity index (χ1v) is 7.46. The summed E-state index contributed by atoms with van der Waals surface area (Å²) in [5.41, 5.74) is 4.25. The van der Waals surface area contributed by atoms with Crippen LogP contribution in [0.2, 0.25) is 0 Å². The van der Waals surface area contributed by atoms with Gasteiger partial charge in [-0.1, -0.05) is 31.4 Å². The first kappa shape index (κ1) is 15.4. The lowest BCUT2D eigenvalue weighted by Crippen LogP contribution is -2.62. The van der Waals surface area contributed by atoms with Crippen LogP contribution in [0.4, 0.5) is 4.39 Å². The summed E-state index contributed by atoms with van der Waals surface area (Å²) in [6.45, 7) is 0. The van der Waals surface area contributed by atoms with Gasteiger partial charge in [0.25, 0.3) is 0 Å². The van der Waals surface area contributed by atoms with Gasteiger partial charge in [0.1, 0.15) is 5.82 Å². The number of hydrazine groups is 1. The molecule has 0 aromatic heterocycles. The Morgan fingerprint density at radius 2 is 1.80 bits per heavy atom. The first-order valence-electron chi connectivity index (χ1n) is 7.46. The van der Waals surface area contributed by atoms with Gasteiger partial charge >= 0.3 is 0 Å². The Labute approximate surface area is 121 Å². The molecule has 1 aromatic carbocycles. The quantitative estimate of drug-likeness (QED) is 0.642. The molecule has 2 rings (SSSR count). The van der Waals surface area contributed by atoms with E-state index in [1.807, 2.05) is 12.1 Å². The Kier molecular flexibility index (Phi) is 5.13. The molecule has 1 atom stereocenters. The van der Waals surface area contributed by atoms with Crippen LogP contribution in [-0.4, -0.2) is 30.6 Å². The minimum Gasteiger partial charge on any atom is -0.302 e. The number of benzene rings is 1. The SMILES string of the molecule is CN(C)C1(C(Cc2ccc(F)cc2)NN)CCCCC1. The van der Waals surface area contributed by atoms with E-state index in [0.717, 1.165) is 24.8 Å². The molecule has 1 aromatic rings. The molecule has 0 heterocycles. The number of halogens is 1. The van der Waals surface area contributed by atoms with Crippen molar-refractivity contribution in [1.82, 2.24) is 10.3 Å². The highest BCUT2D eigenvalue weighted by Crippen LogP contribution is 2.36. The highest BCUT2D eigenvalue weighted by molar-refractivity contribution is 5.19. The van der Waals surface area contributed by atoms with E-state index in [0.29, 0.717) is 0 Å². The van der Waals surface area contributed by atoms with Crippen LogP contribution in [0, 0.1) is 5.82 Å². The molecule has 3 N–H and O–H groups in total. The summed E-state index contributed by atoms with van der Waals surface area (Å²) in [7, 11) is 4.28. The zero-order valence-corrected chi connectivity index (χ0v) is 12.5. The Balaban J connectivity index is 2.18. The van der Waals surface area contributed by atoms with Crippen LogP contribution in [0.3, 0.4) is 0 Å². The first-order chi connectivity index (χ1) is 9.58. The molecular formula is C16H26FN3. The van der Waals surface area contributed by atoms with Crippen molar-refractivity contribution in [3.63, 3.8) is 0 Å². The van der Waals surface area contributed by atoms with Crippen LogP contribution in [0.5, 0.6) is 0 Å². The second-order valence-electron chi connectivity index (χ2n) is 6.11. The molecule has 0 radical (unpaired) electrons. The third-order valence-electron chi connectivity index (χ3n) is 4.81. The van der Waals surface area contributed by atoms with Crippen LogP contribution >= 0.6 is 0 Å². The molecule has 1 saturated carbocycles. The molecule has 1 aliphatic carbocycles. The predicted octanol–water partition coefficient (Wildman–Crippen LogP) is 2.46. The number of hydrogen-bond acceptors (Lipinski definition) is 3. The maximum atomic E-state index is 13.0. The minimum atomic E-state index is -0.189. The Bertz CT molecular complexity index is 410. The van der Waals surface area contributed by atoms with Crippen molar-refractivity contribution in [2.45, 2.75) is 50.1 Å². The fraction of sp³-hybridized carbons (Fsp3) is 0.625. The van der Waals surface area contributed by atoms with E-state index in [9.17, 15) is 4.39 Å². The summed E-state index contributed by atoms with van der Waals surface area (Å²) in [6.07, 6.45) is 6.96. The third-order valence-corrected chi connectivity index (χ3v) is 4.81. The molecule has 112 valence electrons. The molecule has 1 aliphatic rings. The molecule has 20 heavy (non-hydrogen) atoms. The van der Waals surface area contributed by atoms with Gasteiger partial charge in [0.05, 0.1) is 0 Å². The van der Waals surface area contributed by atoms with Crippen molar-refractivity contribution < 1.29 is 4.39 Å². The molecule has 1 fully saturated rings. The van der Waals surface area contributed by atoms with E-state index >= 15 is 0 Å². The van der Waals surface area contributed by atoms with Gasteiger partial charge in [-0.05, 0) is 51.1 Å². The highest BCUT2D eigenvalue weighted by Gasteiger charge is 2.41. The Hall–Kier alpha value is -0.970. The van der Waals surface area contributed by atoms with Crippen LogP contribution in [0.25, 0.3) is 0 Å². The standard InChI is InChI=1S/C16H26FN3/c1-20(2)16(10-4-3-5-11-16)15(19-18)12-13-6-8-14(17)9-7-13/h6-9,15,19H,3-5,10-12,18H2,1-2H3. The maximum Gasteiger partial charge on any atom is 0.123 e. The van der Waals surface area contributed by atoms with Crippen molar-refractivity contribution in [2.24, 2.45) is 5.84 Å². The number of rotatable bonds is 5. The third kappa shape index (κ3) is 3.19. The van der Waals surface area contributed by atoms with Crippen molar-refractivity contribution in [2.75, 3.05) is 14.1 Å². The van der Waals surface area contributed by atoms with Crippen molar-refractivity contribution in [1.29, 1.82) is 0 Å². The zero-order chi connectivity index (χ0) is 14.6. The van der Waals surface area contributed by atoms with Crippen LogP contribution < -0.4 is 11.3 Å². The maximum absolute atomic E-state index is 13.0. The zero-order valence-electron chi connectivity index (χ0n) is 12.5. The molecule has 0 aliphatic heterocycles. The molecule has 1 unspecified atom stereocenters. The van der Waals surface area contributed by atoms with Crippen molar-refractivity contribution in [3.8, 4) is 0 Å². The Morgan fingerprint density at radius 1 is 1.20 bits per heavy atom. The fourth-order valence-corrected chi connectivity index (χ4v) is 3.53. The second-order valence-corrected chi connectivity index (χ2v) is 6.11. The summed E-state index contributed by atoms with van der Waals surface area (Å²) < 4.78 is 13.0. The highest BCUT2D eigenvalue weighted by atomic mass is 19.1. The summed E-state index contributed by atoms with van der Waals surface area (Å²) in [4.78, 5) is 2.32. The number of nitrogens with two attached hydrogens (primary N) is 1. The average Bonchev–Trinajstić information content (AvgIpc) is 2.47. The van der Waals surface area contributed by atoms with Gasteiger partial charge in [0.15, 0.2) is 0 Å². The number of hydrogen-bond donors (Lipinski definition) is 2. The van der Waals surface area contributed by atoms with Gasteiger partial charge in [0, 0.05) is 11.6 Å². The van der Waals surface area contributed by atoms with E-state index in [4.69, 9.17) is 5.84 Å². The van der Waals surface area contributed by atoms with Crippen LogP contribution in [-0.2, 0) is 6.42 Å². The Morgan fingerprint density at radius 3 is 2.30 bits per heavy atom. The van der Waals surface area contributed by atoms with Gasteiger partial charge in [0.2, 0.25) is 0 Å². The molecule has 4 heteroatoms. The molecule has 3 nitrogen and oxygen atoms in total. The van der Waals surface area contributed by atoms with Crippen LogP contribution in [0.1, 0.15) is 37.7 Å². The largest absolute Gasteiger partial charge is 0.302 e. The lowest BCUT2D eigenvalue weighted by atomic mass is 9.73. The minimum absolute atomic E-state index is 0.0986. The van der Waals surface area contributed by atoms with E-state index in [-0.39, 0.29) is 17.4 Å². The number of nitrogens with one attached hydrogen (secondary N) is 1. The smallest absolute Gasteiger partial charge is 0.123 e. The molecule has 0 saturated heterocycles. The van der Waals surface area contributed by atoms with E-state index in [1.165, 1.54) is 31.4 Å². The molecule has 0 spiro atoms. The average molecular weight is 279 g/mol. The summed E-state index contributed by atoms with van der Waals surface area (Å²) in [6, 6.07) is 6.93. The number of likely N-dealkylation sites (N-methyl/N-ethyl adjacent to an activating group) is 1. The van der Waals surface area contributed by atoms with E-state index in [1.54, 1.807) is 0 Å². The van der Waals surface area contributed by atoms with Crippen molar-refractivity contribution >= 4 is 0 Å². The van der Waals surface area contributed by atoms with Gasteiger partial charge in [-0.3, -0.25) is 11.3 Å². The van der Waals surface area contributed by atoms with E-state index < -0.39 is 0 Å². The molecule has 0 amide bonds. The summed E-state index contributed by atoms with van der Waals surface area (Å²) in [5, 5.41) is 0. The number of nitrogens with zero attached hydrogens (tertiary/aromatic N) is 1. The summed E-state index contributed by atoms with van der Waals surface area (Å²) >= 11 is 0. The normalized spacial score (nSPS) is 20.1. The van der Waals surface area contributed by atoms with Gasteiger partial charge in [-0.15, -0.1) is 0 Å². The lowest BCUT2D eigenvalue weighted by molar-refractivity contribution is 0.0569. The van der Waals surface area contributed by atoms with E-state index in [2.05, 4.69) is 24.4 Å². The van der Waals surface area contributed by atoms with Gasteiger partial charge in [-0.2, -0.15) is 0 Å². The lowest BCUT2D eigenvalue weighted by Gasteiger charge is -2.48. The predicted molar refractivity (Wildman–Crippen MR) is 80.7 cm³/mol. The summed E-state index contributed by atoms with van der Waals surface area (Å²) in [5.74, 6) is 5.66. The fourth-order valence-electron chi connectivity index (χ4n) is 3.53. The van der Waals surface area contributed by atoms with Crippen LogP contribution in [0.15, 0.2) is 24.3 Å². The second kappa shape index (κ2) is 6.66. The van der Waals surface area contributed by atoms with Crippen molar-refractivity contribution in [3.05, 3.63) is 35.6 Å². The topological polar surface area (TPSA) is 41.3 Å². The molecular weight excluding hydrogens is 253 g/mol.